The molecular formula is C13H22N4O2. The fourth-order valence-corrected chi connectivity index (χ4v) is 1.93. The zero-order valence-corrected chi connectivity index (χ0v) is 11.6. The molecule has 1 aliphatic carbocycles. The van der Waals surface area contributed by atoms with Crippen LogP contribution in [0.15, 0.2) is 4.42 Å². The summed E-state index contributed by atoms with van der Waals surface area (Å²) in [4.78, 5) is 11.8. The molecule has 6 nitrogen and oxygen atoms in total. The first-order valence-corrected chi connectivity index (χ1v) is 6.83. The molecule has 0 bridgehead atoms. The lowest BCUT2D eigenvalue weighted by Gasteiger charge is -2.22. The molecule has 1 fully saturated rings. The second-order valence-electron chi connectivity index (χ2n) is 5.97. The summed E-state index contributed by atoms with van der Waals surface area (Å²) >= 11 is 0. The Labute approximate surface area is 113 Å². The largest absolute Gasteiger partial charge is 0.408 e. The highest BCUT2D eigenvalue weighted by Gasteiger charge is 2.29. The number of hydrogen-bond acceptors (Lipinski definition) is 5. The van der Waals surface area contributed by atoms with Crippen LogP contribution in [-0.4, -0.2) is 22.6 Å². The number of anilines is 1. The number of hydrogen-bond donors (Lipinski definition) is 2. The Morgan fingerprint density at radius 1 is 1.42 bits per heavy atom. The number of rotatable bonds is 7. The van der Waals surface area contributed by atoms with Gasteiger partial charge in [0, 0.05) is 12.3 Å². The van der Waals surface area contributed by atoms with Crippen molar-refractivity contribution in [3.05, 3.63) is 5.89 Å². The normalized spacial score (nSPS) is 15.5. The van der Waals surface area contributed by atoms with E-state index >= 15 is 0 Å². The number of carbonyl (C=O) groups is 1. The Morgan fingerprint density at radius 3 is 2.79 bits per heavy atom. The van der Waals surface area contributed by atoms with Crippen LogP contribution in [0.25, 0.3) is 0 Å². The van der Waals surface area contributed by atoms with Crippen molar-refractivity contribution in [2.45, 2.75) is 51.9 Å². The lowest BCUT2D eigenvalue weighted by atomic mass is 9.84. The van der Waals surface area contributed by atoms with Crippen molar-refractivity contribution >= 4 is 11.9 Å². The van der Waals surface area contributed by atoms with Gasteiger partial charge in [-0.1, -0.05) is 18.9 Å². The molecule has 0 aliphatic heterocycles. The highest BCUT2D eigenvalue weighted by molar-refractivity contribution is 5.88. The Kier molecular flexibility index (Phi) is 4.19. The Balaban J connectivity index is 1.77. The van der Waals surface area contributed by atoms with Gasteiger partial charge in [0.1, 0.15) is 0 Å². The molecule has 1 aliphatic rings. The molecule has 106 valence electrons. The van der Waals surface area contributed by atoms with Gasteiger partial charge in [-0.15, -0.1) is 5.10 Å². The lowest BCUT2D eigenvalue weighted by Crippen LogP contribution is -2.20. The van der Waals surface area contributed by atoms with E-state index in [0.717, 1.165) is 25.7 Å². The number of nitrogens with one attached hydrogen (secondary N) is 1. The third-order valence-electron chi connectivity index (χ3n) is 3.46. The predicted octanol–water partition coefficient (Wildman–Crippen LogP) is 2.04. The summed E-state index contributed by atoms with van der Waals surface area (Å²) in [6.07, 6.45) is 4.34. The third-order valence-corrected chi connectivity index (χ3v) is 3.46. The molecular weight excluding hydrogens is 244 g/mol. The molecule has 1 aromatic rings. The van der Waals surface area contributed by atoms with Crippen molar-refractivity contribution in [3.63, 3.8) is 0 Å². The number of nitrogens with two attached hydrogens (primary N) is 1. The molecule has 6 heteroatoms. The van der Waals surface area contributed by atoms with Crippen molar-refractivity contribution < 1.29 is 9.21 Å². The van der Waals surface area contributed by atoms with Crippen molar-refractivity contribution in [2.75, 3.05) is 11.9 Å². The van der Waals surface area contributed by atoms with Gasteiger partial charge in [0.05, 0.1) is 0 Å². The van der Waals surface area contributed by atoms with Gasteiger partial charge in [-0.25, -0.2) is 0 Å². The average molecular weight is 266 g/mol. The van der Waals surface area contributed by atoms with E-state index in [0.29, 0.717) is 24.8 Å². The summed E-state index contributed by atoms with van der Waals surface area (Å²) in [7, 11) is 0. The first-order chi connectivity index (χ1) is 9.00. The van der Waals surface area contributed by atoms with Crippen LogP contribution >= 0.6 is 0 Å². The first kappa shape index (κ1) is 14.0. The Bertz CT molecular complexity index is 438. The highest BCUT2D eigenvalue weighted by Crippen LogP contribution is 2.39. The van der Waals surface area contributed by atoms with Gasteiger partial charge >= 0.3 is 6.01 Å². The maximum absolute atomic E-state index is 11.8. The van der Waals surface area contributed by atoms with Crippen LogP contribution in [0.4, 0.5) is 6.01 Å². The van der Waals surface area contributed by atoms with E-state index in [2.05, 4.69) is 29.4 Å². The minimum atomic E-state index is -0.0870. The van der Waals surface area contributed by atoms with Crippen LogP contribution in [0, 0.1) is 5.41 Å². The summed E-state index contributed by atoms with van der Waals surface area (Å²) in [5, 5.41) is 10.4. The summed E-state index contributed by atoms with van der Waals surface area (Å²) < 4.78 is 5.38. The molecule has 0 radical (unpaired) electrons. The zero-order chi connectivity index (χ0) is 13.9. The molecule has 3 N–H and O–H groups in total. The maximum Gasteiger partial charge on any atom is 0.322 e. The summed E-state index contributed by atoms with van der Waals surface area (Å²) in [5.41, 5.74) is 5.63. The summed E-state index contributed by atoms with van der Waals surface area (Å²) in [5.74, 6) is 0.955. The van der Waals surface area contributed by atoms with Gasteiger partial charge in [0.15, 0.2) is 0 Å². The second kappa shape index (κ2) is 5.69. The standard InChI is InChI=1S/C13H22N4O2/c1-13(2,7-8-14)6-5-10(18)15-12-17-16-11(19-12)9-3-4-9/h9H,3-8,14H2,1-2H3,(H,15,17,18). The van der Waals surface area contributed by atoms with Crippen molar-refractivity contribution in [2.24, 2.45) is 11.1 Å². The number of carbonyl (C=O) groups excluding carboxylic acids is 1. The van der Waals surface area contributed by atoms with Crippen molar-refractivity contribution in [1.82, 2.24) is 10.2 Å². The topological polar surface area (TPSA) is 94.0 Å². The van der Waals surface area contributed by atoms with E-state index in [1.165, 1.54) is 0 Å². The molecule has 19 heavy (non-hydrogen) atoms. The molecule has 0 aromatic carbocycles. The molecule has 0 saturated heterocycles. The fraction of sp³-hybridized carbons (Fsp3) is 0.769. The quantitative estimate of drug-likeness (QED) is 0.787. The van der Waals surface area contributed by atoms with E-state index in [4.69, 9.17) is 10.2 Å². The number of aromatic nitrogens is 2. The fourth-order valence-electron chi connectivity index (χ4n) is 1.93. The monoisotopic (exact) mass is 266 g/mol. The Morgan fingerprint density at radius 2 is 2.16 bits per heavy atom. The van der Waals surface area contributed by atoms with E-state index in [1.54, 1.807) is 0 Å². The van der Waals surface area contributed by atoms with Gasteiger partial charge in [-0.05, 0) is 37.6 Å². The van der Waals surface area contributed by atoms with E-state index in [9.17, 15) is 4.79 Å². The van der Waals surface area contributed by atoms with Gasteiger partial charge in [0.2, 0.25) is 11.8 Å². The molecule has 0 unspecified atom stereocenters. The lowest BCUT2D eigenvalue weighted by molar-refractivity contribution is -0.116. The smallest absolute Gasteiger partial charge is 0.322 e. The maximum atomic E-state index is 11.8. The van der Waals surface area contributed by atoms with Crippen LogP contribution in [0.5, 0.6) is 0 Å². The van der Waals surface area contributed by atoms with Crippen molar-refractivity contribution in [3.8, 4) is 0 Å². The molecule has 1 saturated carbocycles. The first-order valence-electron chi connectivity index (χ1n) is 6.83. The van der Waals surface area contributed by atoms with Crippen LogP contribution < -0.4 is 11.1 Å². The van der Waals surface area contributed by atoms with Gasteiger partial charge in [-0.3, -0.25) is 10.1 Å². The average Bonchev–Trinajstić information content (AvgIpc) is 3.09. The minimum Gasteiger partial charge on any atom is -0.408 e. The predicted molar refractivity (Wildman–Crippen MR) is 71.6 cm³/mol. The second-order valence-corrected chi connectivity index (χ2v) is 5.97. The third kappa shape index (κ3) is 4.31. The number of amides is 1. The minimum absolute atomic E-state index is 0.0834. The van der Waals surface area contributed by atoms with Crippen LogP contribution in [0.3, 0.4) is 0 Å². The van der Waals surface area contributed by atoms with Gasteiger partial charge in [0.25, 0.3) is 0 Å². The molecule has 1 heterocycles. The highest BCUT2D eigenvalue weighted by atomic mass is 16.4. The van der Waals surface area contributed by atoms with Crippen molar-refractivity contribution in [1.29, 1.82) is 0 Å². The van der Waals surface area contributed by atoms with Crippen LogP contribution in [-0.2, 0) is 4.79 Å². The van der Waals surface area contributed by atoms with E-state index < -0.39 is 0 Å². The van der Waals surface area contributed by atoms with E-state index in [-0.39, 0.29) is 17.3 Å². The van der Waals surface area contributed by atoms with Crippen LogP contribution in [0.2, 0.25) is 0 Å². The van der Waals surface area contributed by atoms with E-state index in [1.807, 2.05) is 0 Å². The molecule has 1 aromatic heterocycles. The van der Waals surface area contributed by atoms with Gasteiger partial charge in [-0.2, -0.15) is 0 Å². The summed E-state index contributed by atoms with van der Waals surface area (Å²) in [6.45, 7) is 4.87. The SMILES string of the molecule is CC(C)(CCN)CCC(=O)Nc1nnc(C2CC2)o1. The number of nitrogens with zero attached hydrogens (tertiary/aromatic N) is 2. The summed E-state index contributed by atoms with van der Waals surface area (Å²) in [6, 6.07) is 0.212. The molecule has 0 spiro atoms. The molecule has 1 amide bonds. The van der Waals surface area contributed by atoms with Gasteiger partial charge < -0.3 is 10.2 Å². The zero-order valence-electron chi connectivity index (χ0n) is 11.6. The molecule has 2 rings (SSSR count). The van der Waals surface area contributed by atoms with Crippen LogP contribution in [0.1, 0.15) is 57.8 Å². The Hall–Kier alpha value is -1.43. The molecule has 0 atom stereocenters.